The number of anilines is 2. The number of nitriles is 1. The molecule has 3 rings (SSSR count). The maximum Gasteiger partial charge on any atom is 0.216 e. The third kappa shape index (κ3) is 4.61. The zero-order valence-corrected chi connectivity index (χ0v) is 16.9. The van der Waals surface area contributed by atoms with Crippen molar-refractivity contribution >= 4 is 17.3 Å². The summed E-state index contributed by atoms with van der Waals surface area (Å²) in [4.78, 5) is 7.93. The van der Waals surface area contributed by atoms with Crippen LogP contribution in [0.2, 0.25) is 0 Å². The van der Waals surface area contributed by atoms with Crippen molar-refractivity contribution in [2.24, 2.45) is 4.99 Å². The lowest BCUT2D eigenvalue weighted by Gasteiger charge is -2.16. The minimum Gasteiger partial charge on any atom is -0.325 e. The van der Waals surface area contributed by atoms with Gasteiger partial charge in [0.2, 0.25) is 12.2 Å². The van der Waals surface area contributed by atoms with Crippen molar-refractivity contribution in [1.82, 2.24) is 9.55 Å². The summed E-state index contributed by atoms with van der Waals surface area (Å²) in [5.74, 6) is -0.185. The summed E-state index contributed by atoms with van der Waals surface area (Å²) in [7, 11) is 0. The number of aliphatic imine (C=N–C) groups is 1. The van der Waals surface area contributed by atoms with Gasteiger partial charge in [0.15, 0.2) is 0 Å². The minimum absolute atomic E-state index is 0.229. The molecule has 2 aromatic carbocycles. The summed E-state index contributed by atoms with van der Waals surface area (Å²) < 4.78 is 16.2. The number of hydrogen-bond donors (Lipinski definition) is 2. The first-order valence-corrected chi connectivity index (χ1v) is 9.32. The van der Waals surface area contributed by atoms with E-state index in [1.54, 1.807) is 35.4 Å². The van der Waals surface area contributed by atoms with Gasteiger partial charge in [0.05, 0.1) is 17.7 Å². The van der Waals surface area contributed by atoms with Crippen LogP contribution in [0.25, 0.3) is 5.69 Å². The maximum absolute atomic E-state index is 14.6. The fourth-order valence-corrected chi connectivity index (χ4v) is 3.16. The van der Waals surface area contributed by atoms with Crippen molar-refractivity contribution in [3.8, 4) is 11.9 Å². The van der Waals surface area contributed by atoms with Crippen LogP contribution in [0.15, 0.2) is 47.8 Å². The predicted octanol–water partition coefficient (Wildman–Crippen LogP) is 4.86. The molecule has 0 aliphatic heterocycles. The van der Waals surface area contributed by atoms with Crippen molar-refractivity contribution in [3.05, 3.63) is 71.1 Å². The van der Waals surface area contributed by atoms with E-state index < -0.39 is 5.82 Å². The first-order chi connectivity index (χ1) is 13.9. The quantitative estimate of drug-likeness (QED) is 0.379. The summed E-state index contributed by atoms with van der Waals surface area (Å²) in [6.45, 7) is 8.00. The molecule has 148 valence electrons. The third-order valence-corrected chi connectivity index (χ3v) is 4.68. The molecular weight excluding hydrogens is 367 g/mol. The van der Waals surface area contributed by atoms with Gasteiger partial charge in [-0.3, -0.25) is 0 Å². The first-order valence-electron chi connectivity index (χ1n) is 9.32. The van der Waals surface area contributed by atoms with Crippen LogP contribution in [0.5, 0.6) is 0 Å². The van der Waals surface area contributed by atoms with Crippen molar-refractivity contribution in [3.63, 3.8) is 0 Å². The van der Waals surface area contributed by atoms with E-state index in [-0.39, 0.29) is 5.96 Å². The average Bonchev–Trinajstić information content (AvgIpc) is 3.10. The van der Waals surface area contributed by atoms with E-state index in [0.29, 0.717) is 11.4 Å². The fraction of sp³-hybridized carbons (Fsp3) is 0.227. The Morgan fingerprint density at radius 2 is 1.97 bits per heavy atom. The van der Waals surface area contributed by atoms with Gasteiger partial charge in [0.25, 0.3) is 0 Å². The van der Waals surface area contributed by atoms with Gasteiger partial charge in [-0.1, -0.05) is 13.0 Å². The summed E-state index contributed by atoms with van der Waals surface area (Å²) in [6, 6.07) is 8.87. The van der Waals surface area contributed by atoms with Gasteiger partial charge in [0, 0.05) is 17.6 Å². The number of nitrogens with one attached hydrogen (secondary N) is 2. The Kier molecular flexibility index (Phi) is 5.93. The Morgan fingerprint density at radius 1 is 1.17 bits per heavy atom. The summed E-state index contributed by atoms with van der Waals surface area (Å²) in [6.07, 6.45) is 6.00. The number of aryl methyl sites for hydroxylation is 4. The maximum atomic E-state index is 14.6. The number of nitrogens with zero attached hydrogens (tertiary/aromatic N) is 4. The Morgan fingerprint density at radius 3 is 2.59 bits per heavy atom. The SMILES string of the molecule is CCc1cc(N/C(=N\C#N)Nc2ccc(-n3cnc(C)c3)c(F)c2)c(C)cc1C. The van der Waals surface area contributed by atoms with Crippen LogP contribution in [0.3, 0.4) is 0 Å². The van der Waals surface area contributed by atoms with Crippen molar-refractivity contribution in [2.45, 2.75) is 34.1 Å². The Hall–Kier alpha value is -3.66. The summed E-state index contributed by atoms with van der Waals surface area (Å²) in [5.41, 5.74) is 5.98. The monoisotopic (exact) mass is 390 g/mol. The molecule has 0 amide bonds. The van der Waals surface area contributed by atoms with Crippen LogP contribution in [0.4, 0.5) is 15.8 Å². The van der Waals surface area contributed by atoms with Gasteiger partial charge >= 0.3 is 0 Å². The van der Waals surface area contributed by atoms with E-state index in [9.17, 15) is 4.39 Å². The van der Waals surface area contributed by atoms with Gasteiger partial charge in [-0.15, -0.1) is 4.99 Å². The van der Waals surface area contributed by atoms with E-state index >= 15 is 0 Å². The molecule has 0 atom stereocenters. The van der Waals surface area contributed by atoms with Crippen molar-refractivity contribution in [2.75, 3.05) is 10.6 Å². The molecule has 0 unspecified atom stereocenters. The highest BCUT2D eigenvalue weighted by Gasteiger charge is 2.10. The van der Waals surface area contributed by atoms with Crippen LogP contribution in [0, 0.1) is 38.0 Å². The van der Waals surface area contributed by atoms with Gasteiger partial charge in [-0.05, 0) is 68.1 Å². The zero-order chi connectivity index (χ0) is 21.0. The Bertz CT molecular complexity index is 1110. The van der Waals surface area contributed by atoms with Gasteiger partial charge in [-0.2, -0.15) is 5.26 Å². The molecule has 0 radical (unpaired) electrons. The minimum atomic E-state index is -0.413. The first kappa shape index (κ1) is 20.1. The standard InChI is InChI=1S/C22H23FN6/c1-5-17-9-20(15(3)8-14(17)2)28-22(25-12-24)27-18-6-7-21(19(23)10-18)29-11-16(4)26-13-29/h6-11,13H,5H2,1-4H3,(H2,25,27,28). The van der Waals surface area contributed by atoms with Crippen LogP contribution in [-0.2, 0) is 6.42 Å². The Labute approximate surface area is 169 Å². The summed E-state index contributed by atoms with van der Waals surface area (Å²) in [5, 5.41) is 15.2. The predicted molar refractivity (Wildman–Crippen MR) is 114 cm³/mol. The lowest BCUT2D eigenvalue weighted by atomic mass is 10.0. The Balaban J connectivity index is 1.84. The number of rotatable bonds is 4. The molecule has 6 nitrogen and oxygen atoms in total. The molecule has 0 saturated carbocycles. The van der Waals surface area contributed by atoms with E-state index in [2.05, 4.69) is 40.5 Å². The van der Waals surface area contributed by atoms with E-state index in [1.807, 2.05) is 19.9 Å². The molecule has 0 bridgehead atoms. The highest BCUT2D eigenvalue weighted by Crippen LogP contribution is 2.22. The zero-order valence-electron chi connectivity index (χ0n) is 16.9. The van der Waals surface area contributed by atoms with E-state index in [0.717, 1.165) is 23.4 Å². The molecule has 1 aromatic heterocycles. The molecule has 0 saturated heterocycles. The van der Waals surface area contributed by atoms with Gasteiger partial charge in [-0.25, -0.2) is 9.37 Å². The molecule has 1 heterocycles. The molecule has 3 aromatic rings. The molecule has 2 N–H and O–H groups in total. The smallest absolute Gasteiger partial charge is 0.216 e. The van der Waals surface area contributed by atoms with Gasteiger partial charge < -0.3 is 15.2 Å². The molecule has 0 fully saturated rings. The second-order valence-electron chi connectivity index (χ2n) is 6.85. The molecule has 29 heavy (non-hydrogen) atoms. The third-order valence-electron chi connectivity index (χ3n) is 4.68. The van der Waals surface area contributed by atoms with Gasteiger partial charge in [0.1, 0.15) is 5.82 Å². The van der Waals surface area contributed by atoms with Crippen LogP contribution < -0.4 is 10.6 Å². The highest BCUT2D eigenvalue weighted by molar-refractivity contribution is 6.04. The van der Waals surface area contributed by atoms with E-state index in [1.165, 1.54) is 17.2 Å². The van der Waals surface area contributed by atoms with Crippen LogP contribution >= 0.6 is 0 Å². The fourth-order valence-electron chi connectivity index (χ4n) is 3.16. The molecule has 0 aliphatic rings. The number of benzene rings is 2. The number of halogens is 1. The number of imidazole rings is 1. The number of aromatic nitrogens is 2. The lowest BCUT2D eigenvalue weighted by molar-refractivity contribution is 0.618. The van der Waals surface area contributed by atoms with Crippen LogP contribution in [0.1, 0.15) is 29.3 Å². The van der Waals surface area contributed by atoms with Crippen LogP contribution in [-0.4, -0.2) is 15.5 Å². The van der Waals surface area contributed by atoms with Crippen molar-refractivity contribution < 1.29 is 4.39 Å². The molecule has 0 aliphatic carbocycles. The molecule has 0 spiro atoms. The number of hydrogen-bond acceptors (Lipinski definition) is 3. The summed E-state index contributed by atoms with van der Waals surface area (Å²) >= 11 is 0. The second-order valence-corrected chi connectivity index (χ2v) is 6.85. The van der Waals surface area contributed by atoms with E-state index in [4.69, 9.17) is 5.26 Å². The number of guanidine groups is 1. The molecular formula is C22H23FN6. The molecule has 7 heteroatoms. The van der Waals surface area contributed by atoms with Crippen molar-refractivity contribution in [1.29, 1.82) is 5.26 Å². The lowest BCUT2D eigenvalue weighted by Crippen LogP contribution is -2.22. The second kappa shape index (κ2) is 8.57. The topological polar surface area (TPSA) is 78.0 Å². The average molecular weight is 390 g/mol. The highest BCUT2D eigenvalue weighted by atomic mass is 19.1. The largest absolute Gasteiger partial charge is 0.325 e. The normalized spacial score (nSPS) is 11.2.